The normalized spacial score (nSPS) is 15.8. The number of rotatable bonds is 6. The molecular weight excluding hydrogens is 350 g/mol. The second kappa shape index (κ2) is 8.53. The number of methoxy groups -OCH3 is 2. The molecule has 1 amide bonds. The predicted octanol–water partition coefficient (Wildman–Crippen LogP) is 3.17. The number of nitrogens with zero attached hydrogens (tertiary/aromatic N) is 3. The van der Waals surface area contributed by atoms with E-state index in [1.54, 1.807) is 25.3 Å². The van der Waals surface area contributed by atoms with Crippen LogP contribution in [-0.4, -0.2) is 42.2 Å². The van der Waals surface area contributed by atoms with Gasteiger partial charge in [-0.05, 0) is 47.5 Å². The first-order valence-electron chi connectivity index (χ1n) is 8.01. The van der Waals surface area contributed by atoms with Gasteiger partial charge in [-0.1, -0.05) is 23.9 Å². The van der Waals surface area contributed by atoms with Gasteiger partial charge in [0.05, 0.1) is 32.7 Å². The molecule has 134 valence electrons. The Hall–Kier alpha value is -2.80. The van der Waals surface area contributed by atoms with Crippen molar-refractivity contribution < 1.29 is 14.3 Å². The summed E-state index contributed by atoms with van der Waals surface area (Å²) in [4.78, 5) is 13.8. The largest absolute Gasteiger partial charge is 0.497 e. The lowest BCUT2D eigenvalue weighted by Gasteiger charge is -2.15. The smallest absolute Gasteiger partial charge is 0.239 e. The van der Waals surface area contributed by atoms with Crippen LogP contribution in [0.2, 0.25) is 0 Å². The molecule has 0 spiro atoms. The Morgan fingerprint density at radius 3 is 2.27 bits per heavy atom. The summed E-state index contributed by atoms with van der Waals surface area (Å²) in [6.45, 7) is 0.465. The first-order chi connectivity index (χ1) is 12.7. The summed E-state index contributed by atoms with van der Waals surface area (Å²) in [5.74, 6) is 1.99. The standard InChI is InChI=1S/C19H19N3O3S/c1-24-16-7-3-14(4-8-16)11-20-21-19-22(18(23)13-26-19)12-15-5-9-17(25-2)10-6-15/h3-11H,12-13H2,1-2H3/b20-11-,21-19+. The molecule has 6 nitrogen and oxygen atoms in total. The maximum Gasteiger partial charge on any atom is 0.239 e. The van der Waals surface area contributed by atoms with Crippen molar-refractivity contribution in [1.29, 1.82) is 0 Å². The summed E-state index contributed by atoms with van der Waals surface area (Å²) < 4.78 is 10.3. The van der Waals surface area contributed by atoms with Crippen LogP contribution in [0, 0.1) is 0 Å². The van der Waals surface area contributed by atoms with Crippen LogP contribution in [-0.2, 0) is 11.3 Å². The fourth-order valence-corrected chi connectivity index (χ4v) is 3.21. The van der Waals surface area contributed by atoms with Gasteiger partial charge >= 0.3 is 0 Å². The van der Waals surface area contributed by atoms with Gasteiger partial charge in [0.1, 0.15) is 11.5 Å². The topological polar surface area (TPSA) is 63.5 Å². The number of benzene rings is 2. The van der Waals surface area contributed by atoms with Crippen molar-refractivity contribution in [3.8, 4) is 11.5 Å². The van der Waals surface area contributed by atoms with Crippen molar-refractivity contribution in [2.75, 3.05) is 20.0 Å². The quantitative estimate of drug-likeness (QED) is 0.580. The maximum absolute atomic E-state index is 12.1. The number of carbonyl (C=O) groups excluding carboxylic acids is 1. The van der Waals surface area contributed by atoms with E-state index in [-0.39, 0.29) is 5.91 Å². The molecule has 2 aromatic carbocycles. The monoisotopic (exact) mass is 369 g/mol. The fraction of sp³-hybridized carbons (Fsp3) is 0.211. The third-order valence-corrected chi connectivity index (χ3v) is 4.77. The van der Waals surface area contributed by atoms with Gasteiger partial charge in [0.15, 0.2) is 5.17 Å². The highest BCUT2D eigenvalue weighted by Crippen LogP contribution is 2.23. The number of hydrogen-bond donors (Lipinski definition) is 0. The molecule has 3 rings (SSSR count). The van der Waals surface area contributed by atoms with E-state index < -0.39 is 0 Å². The molecule has 2 aromatic rings. The van der Waals surface area contributed by atoms with E-state index in [0.29, 0.717) is 17.5 Å². The van der Waals surface area contributed by atoms with Crippen LogP contribution < -0.4 is 9.47 Å². The van der Waals surface area contributed by atoms with Crippen LogP contribution in [0.5, 0.6) is 11.5 Å². The van der Waals surface area contributed by atoms with Crippen LogP contribution in [0.3, 0.4) is 0 Å². The summed E-state index contributed by atoms with van der Waals surface area (Å²) in [5.41, 5.74) is 1.92. The highest BCUT2D eigenvalue weighted by Gasteiger charge is 2.28. The lowest BCUT2D eigenvalue weighted by atomic mass is 10.2. The van der Waals surface area contributed by atoms with Crippen molar-refractivity contribution in [3.05, 3.63) is 59.7 Å². The van der Waals surface area contributed by atoms with Crippen LogP contribution >= 0.6 is 11.8 Å². The molecular formula is C19H19N3O3S. The Kier molecular flexibility index (Phi) is 5.91. The Balaban J connectivity index is 1.69. The molecule has 0 aromatic heterocycles. The number of amides is 1. The van der Waals surface area contributed by atoms with Crippen LogP contribution in [0.4, 0.5) is 0 Å². The second-order valence-electron chi connectivity index (χ2n) is 5.52. The Morgan fingerprint density at radius 2 is 1.65 bits per heavy atom. The summed E-state index contributed by atoms with van der Waals surface area (Å²) in [5, 5.41) is 8.95. The molecule has 0 atom stereocenters. The Bertz CT molecular complexity index is 817. The van der Waals surface area contributed by atoms with Gasteiger partial charge in [0.2, 0.25) is 5.91 Å². The lowest BCUT2D eigenvalue weighted by Crippen LogP contribution is -2.28. The number of amidine groups is 1. The highest BCUT2D eigenvalue weighted by molar-refractivity contribution is 8.15. The first kappa shape index (κ1) is 18.0. The number of thioether (sulfide) groups is 1. The predicted molar refractivity (Wildman–Crippen MR) is 104 cm³/mol. The number of hydrogen-bond acceptors (Lipinski definition) is 6. The molecule has 1 saturated heterocycles. The molecule has 0 aliphatic carbocycles. The molecule has 0 radical (unpaired) electrons. The van der Waals surface area contributed by atoms with E-state index in [0.717, 1.165) is 22.6 Å². The summed E-state index contributed by atoms with van der Waals surface area (Å²) in [6, 6.07) is 15.1. The van der Waals surface area contributed by atoms with Gasteiger partial charge in [-0.15, -0.1) is 5.10 Å². The van der Waals surface area contributed by atoms with Crippen molar-refractivity contribution in [2.45, 2.75) is 6.54 Å². The minimum absolute atomic E-state index is 0.0317. The number of ether oxygens (including phenoxy) is 2. The summed E-state index contributed by atoms with van der Waals surface area (Å²) >= 11 is 1.39. The maximum atomic E-state index is 12.1. The van der Waals surface area contributed by atoms with Crippen LogP contribution in [0.1, 0.15) is 11.1 Å². The van der Waals surface area contributed by atoms with Crippen molar-refractivity contribution >= 4 is 29.1 Å². The summed E-state index contributed by atoms with van der Waals surface area (Å²) in [6.07, 6.45) is 1.65. The zero-order chi connectivity index (χ0) is 18.4. The van der Waals surface area contributed by atoms with Crippen molar-refractivity contribution in [3.63, 3.8) is 0 Å². The first-order valence-corrected chi connectivity index (χ1v) is 8.99. The fourth-order valence-electron chi connectivity index (χ4n) is 2.38. The minimum Gasteiger partial charge on any atom is -0.497 e. The Labute approximate surface area is 156 Å². The van der Waals surface area contributed by atoms with Gasteiger partial charge < -0.3 is 9.47 Å². The molecule has 7 heteroatoms. The molecule has 1 aliphatic heterocycles. The molecule has 1 aliphatic rings. The van der Waals surface area contributed by atoms with E-state index in [9.17, 15) is 4.79 Å². The zero-order valence-electron chi connectivity index (χ0n) is 14.6. The molecule has 1 fully saturated rings. The van der Waals surface area contributed by atoms with E-state index in [4.69, 9.17) is 9.47 Å². The van der Waals surface area contributed by atoms with Gasteiger partial charge in [0.25, 0.3) is 0 Å². The molecule has 0 unspecified atom stereocenters. The highest BCUT2D eigenvalue weighted by atomic mass is 32.2. The van der Waals surface area contributed by atoms with Crippen molar-refractivity contribution in [2.24, 2.45) is 10.2 Å². The average Bonchev–Trinajstić information content (AvgIpc) is 3.03. The van der Waals surface area contributed by atoms with Gasteiger partial charge in [-0.2, -0.15) is 5.10 Å². The van der Waals surface area contributed by atoms with E-state index in [2.05, 4.69) is 10.2 Å². The SMILES string of the molecule is COc1ccc(/C=N\N=C2\SCC(=O)N2Cc2ccc(OC)cc2)cc1. The third-order valence-electron chi connectivity index (χ3n) is 3.82. The van der Waals surface area contributed by atoms with Crippen molar-refractivity contribution in [1.82, 2.24) is 4.90 Å². The average molecular weight is 369 g/mol. The second-order valence-corrected chi connectivity index (χ2v) is 6.46. The van der Waals surface area contributed by atoms with E-state index in [1.165, 1.54) is 11.8 Å². The molecule has 26 heavy (non-hydrogen) atoms. The summed E-state index contributed by atoms with van der Waals surface area (Å²) in [7, 11) is 3.25. The van der Waals surface area contributed by atoms with Gasteiger partial charge in [-0.25, -0.2) is 0 Å². The Morgan fingerprint density at radius 1 is 1.04 bits per heavy atom. The van der Waals surface area contributed by atoms with E-state index >= 15 is 0 Å². The van der Waals surface area contributed by atoms with Gasteiger partial charge in [0, 0.05) is 0 Å². The van der Waals surface area contributed by atoms with Crippen LogP contribution in [0.15, 0.2) is 58.7 Å². The van der Waals surface area contributed by atoms with Crippen LogP contribution in [0.25, 0.3) is 0 Å². The molecule has 0 N–H and O–H groups in total. The molecule has 0 bridgehead atoms. The zero-order valence-corrected chi connectivity index (χ0v) is 15.4. The van der Waals surface area contributed by atoms with Gasteiger partial charge in [-0.3, -0.25) is 9.69 Å². The number of carbonyl (C=O) groups is 1. The molecule has 1 heterocycles. The lowest BCUT2D eigenvalue weighted by molar-refractivity contribution is -0.124. The minimum atomic E-state index is 0.0317. The molecule has 0 saturated carbocycles. The van der Waals surface area contributed by atoms with E-state index in [1.807, 2.05) is 48.5 Å². The third kappa shape index (κ3) is 4.43.